The van der Waals surface area contributed by atoms with Crippen LogP contribution in [0.3, 0.4) is 0 Å². The Morgan fingerprint density at radius 1 is 1.47 bits per heavy atom. The number of carbonyl (C=O) groups excluding carboxylic acids is 1. The molecule has 2 rings (SSSR count). The number of rotatable bonds is 3. The fourth-order valence-corrected chi connectivity index (χ4v) is 1.30. The molecular formula is C10H10N2O3. The van der Waals surface area contributed by atoms with Crippen LogP contribution in [-0.4, -0.2) is 27.5 Å². The van der Waals surface area contributed by atoms with Crippen molar-refractivity contribution in [3.05, 3.63) is 30.1 Å². The zero-order valence-electron chi connectivity index (χ0n) is 7.93. The number of amides is 1. The Labute approximate surface area is 86.1 Å². The molecule has 0 aromatic carbocycles. The second-order valence-corrected chi connectivity index (χ2v) is 3.58. The van der Waals surface area contributed by atoms with E-state index in [-0.39, 0.29) is 5.91 Å². The molecule has 15 heavy (non-hydrogen) atoms. The molecule has 0 saturated heterocycles. The summed E-state index contributed by atoms with van der Waals surface area (Å²) in [5.74, 6) is -1.36. The molecule has 5 heteroatoms. The highest BCUT2D eigenvalue weighted by Gasteiger charge is 2.51. The Morgan fingerprint density at radius 2 is 2.20 bits per heavy atom. The maximum Gasteiger partial charge on any atom is 0.329 e. The van der Waals surface area contributed by atoms with Crippen molar-refractivity contribution < 1.29 is 14.7 Å². The number of aliphatic carboxylic acids is 1. The first-order chi connectivity index (χ1) is 7.14. The lowest BCUT2D eigenvalue weighted by Crippen LogP contribution is -2.43. The van der Waals surface area contributed by atoms with Gasteiger partial charge in [-0.15, -0.1) is 0 Å². The molecule has 5 nitrogen and oxygen atoms in total. The summed E-state index contributed by atoms with van der Waals surface area (Å²) in [6, 6.07) is 3.23. The van der Waals surface area contributed by atoms with Gasteiger partial charge in [0.2, 0.25) is 0 Å². The van der Waals surface area contributed by atoms with E-state index in [0.717, 1.165) is 0 Å². The van der Waals surface area contributed by atoms with Gasteiger partial charge in [-0.2, -0.15) is 0 Å². The maximum atomic E-state index is 11.6. The third-order valence-corrected chi connectivity index (χ3v) is 2.44. The predicted octanol–water partition coefficient (Wildman–Crippen LogP) is 0.429. The SMILES string of the molecule is O=C(NC1(C(=O)O)CC1)c1cccnc1. The lowest BCUT2D eigenvalue weighted by molar-refractivity contribution is -0.140. The number of nitrogens with zero attached hydrogens (tertiary/aromatic N) is 1. The Kier molecular flexibility index (Phi) is 2.15. The topological polar surface area (TPSA) is 79.3 Å². The van der Waals surface area contributed by atoms with E-state index in [0.29, 0.717) is 18.4 Å². The van der Waals surface area contributed by atoms with Gasteiger partial charge in [-0.3, -0.25) is 9.78 Å². The smallest absolute Gasteiger partial charge is 0.329 e. The molecule has 1 amide bonds. The number of carboxylic acids is 1. The second-order valence-electron chi connectivity index (χ2n) is 3.58. The maximum absolute atomic E-state index is 11.6. The summed E-state index contributed by atoms with van der Waals surface area (Å²) < 4.78 is 0. The van der Waals surface area contributed by atoms with Crippen LogP contribution in [0.2, 0.25) is 0 Å². The van der Waals surface area contributed by atoms with Gasteiger partial charge < -0.3 is 10.4 Å². The number of hydrogen-bond donors (Lipinski definition) is 2. The summed E-state index contributed by atoms with van der Waals surface area (Å²) >= 11 is 0. The average molecular weight is 206 g/mol. The number of nitrogens with one attached hydrogen (secondary N) is 1. The quantitative estimate of drug-likeness (QED) is 0.751. The highest BCUT2D eigenvalue weighted by Crippen LogP contribution is 2.35. The summed E-state index contributed by atoms with van der Waals surface area (Å²) in [5, 5.41) is 11.4. The van der Waals surface area contributed by atoms with Crippen LogP contribution in [0.1, 0.15) is 23.2 Å². The molecule has 0 aliphatic heterocycles. The third kappa shape index (κ3) is 1.81. The largest absolute Gasteiger partial charge is 0.480 e. The molecule has 1 aliphatic carbocycles. The highest BCUT2D eigenvalue weighted by atomic mass is 16.4. The molecule has 1 fully saturated rings. The van der Waals surface area contributed by atoms with Gasteiger partial charge in [-0.1, -0.05) is 0 Å². The Bertz CT molecular complexity index is 398. The normalized spacial score (nSPS) is 16.8. The van der Waals surface area contributed by atoms with Crippen LogP contribution in [0.25, 0.3) is 0 Å². The first-order valence-corrected chi connectivity index (χ1v) is 4.60. The third-order valence-electron chi connectivity index (χ3n) is 2.44. The Balaban J connectivity index is 2.08. The van der Waals surface area contributed by atoms with Crippen molar-refractivity contribution in [3.8, 4) is 0 Å². The van der Waals surface area contributed by atoms with Gasteiger partial charge in [0.15, 0.2) is 0 Å². The van der Waals surface area contributed by atoms with Crippen LogP contribution in [0.4, 0.5) is 0 Å². The zero-order chi connectivity index (χ0) is 10.9. The molecule has 2 N–H and O–H groups in total. The van der Waals surface area contributed by atoms with Crippen molar-refractivity contribution in [2.75, 3.05) is 0 Å². The van der Waals surface area contributed by atoms with Crippen molar-refractivity contribution in [1.29, 1.82) is 0 Å². The van der Waals surface area contributed by atoms with E-state index in [2.05, 4.69) is 10.3 Å². The van der Waals surface area contributed by atoms with Gasteiger partial charge in [-0.25, -0.2) is 4.79 Å². The van der Waals surface area contributed by atoms with Crippen molar-refractivity contribution in [2.24, 2.45) is 0 Å². The number of pyridine rings is 1. The summed E-state index contributed by atoms with van der Waals surface area (Å²) in [6.07, 6.45) is 3.96. The van der Waals surface area contributed by atoms with Crippen LogP contribution in [0.15, 0.2) is 24.5 Å². The minimum atomic E-state index is -1.03. The molecule has 0 spiro atoms. The number of carbonyl (C=O) groups is 2. The summed E-state index contributed by atoms with van der Waals surface area (Å²) in [5.41, 5.74) is -0.655. The van der Waals surface area contributed by atoms with Gasteiger partial charge in [0, 0.05) is 12.4 Å². The van der Waals surface area contributed by atoms with Crippen LogP contribution >= 0.6 is 0 Å². The molecule has 0 bridgehead atoms. The van der Waals surface area contributed by atoms with Crippen LogP contribution in [0, 0.1) is 0 Å². The zero-order valence-corrected chi connectivity index (χ0v) is 7.93. The summed E-state index contributed by atoms with van der Waals surface area (Å²) in [4.78, 5) is 26.2. The van der Waals surface area contributed by atoms with Gasteiger partial charge in [0.25, 0.3) is 5.91 Å². The van der Waals surface area contributed by atoms with Gasteiger partial charge >= 0.3 is 5.97 Å². The van der Waals surface area contributed by atoms with Crippen molar-refractivity contribution >= 4 is 11.9 Å². The minimum Gasteiger partial charge on any atom is -0.480 e. The molecule has 0 unspecified atom stereocenters. The van der Waals surface area contributed by atoms with Crippen molar-refractivity contribution in [3.63, 3.8) is 0 Å². The first kappa shape index (κ1) is 9.64. The lowest BCUT2D eigenvalue weighted by atomic mass is 10.2. The van der Waals surface area contributed by atoms with Gasteiger partial charge in [0.1, 0.15) is 5.54 Å². The second kappa shape index (κ2) is 3.34. The minimum absolute atomic E-state index is 0.380. The monoisotopic (exact) mass is 206 g/mol. The van der Waals surface area contributed by atoms with Crippen LogP contribution in [-0.2, 0) is 4.79 Å². The highest BCUT2D eigenvalue weighted by molar-refractivity contribution is 5.98. The lowest BCUT2D eigenvalue weighted by Gasteiger charge is -2.11. The van der Waals surface area contributed by atoms with Gasteiger partial charge in [-0.05, 0) is 25.0 Å². The van der Waals surface area contributed by atoms with E-state index in [1.54, 1.807) is 18.3 Å². The van der Waals surface area contributed by atoms with E-state index >= 15 is 0 Å². The standard InChI is InChI=1S/C10H10N2O3/c13-8(7-2-1-5-11-6-7)12-10(3-4-10)9(14)15/h1-2,5-6H,3-4H2,(H,12,13)(H,14,15). The van der Waals surface area contributed by atoms with E-state index in [9.17, 15) is 9.59 Å². The van der Waals surface area contributed by atoms with E-state index in [1.165, 1.54) is 6.20 Å². The Morgan fingerprint density at radius 3 is 2.67 bits per heavy atom. The number of aromatic nitrogens is 1. The molecular weight excluding hydrogens is 196 g/mol. The molecule has 1 aliphatic rings. The summed E-state index contributed by atoms with van der Waals surface area (Å²) in [7, 11) is 0. The van der Waals surface area contributed by atoms with E-state index in [1.807, 2.05) is 0 Å². The summed E-state index contributed by atoms with van der Waals surface area (Å²) in [6.45, 7) is 0. The fourth-order valence-electron chi connectivity index (χ4n) is 1.30. The number of carboxylic acid groups (broad SMARTS) is 1. The molecule has 78 valence electrons. The molecule has 1 saturated carbocycles. The van der Waals surface area contributed by atoms with E-state index in [4.69, 9.17) is 5.11 Å². The molecule has 0 atom stereocenters. The van der Waals surface area contributed by atoms with Crippen LogP contribution in [0.5, 0.6) is 0 Å². The molecule has 0 radical (unpaired) electrons. The van der Waals surface area contributed by atoms with Crippen molar-refractivity contribution in [2.45, 2.75) is 18.4 Å². The molecule has 1 heterocycles. The van der Waals surface area contributed by atoms with Crippen LogP contribution < -0.4 is 5.32 Å². The van der Waals surface area contributed by atoms with Crippen molar-refractivity contribution in [1.82, 2.24) is 10.3 Å². The van der Waals surface area contributed by atoms with E-state index < -0.39 is 11.5 Å². The molecule has 1 aromatic rings. The first-order valence-electron chi connectivity index (χ1n) is 4.60. The number of hydrogen-bond acceptors (Lipinski definition) is 3. The Hall–Kier alpha value is -1.91. The fraction of sp³-hybridized carbons (Fsp3) is 0.300. The average Bonchev–Trinajstić information content (AvgIpc) is 3.00. The van der Waals surface area contributed by atoms with Gasteiger partial charge in [0.05, 0.1) is 5.56 Å². The molecule has 1 aromatic heterocycles. The predicted molar refractivity (Wildman–Crippen MR) is 51.3 cm³/mol.